The third-order valence-electron chi connectivity index (χ3n) is 3.21. The van der Waals surface area contributed by atoms with Crippen LogP contribution in [0.4, 0.5) is 17.6 Å². The molecule has 4 nitrogen and oxygen atoms in total. The van der Waals surface area contributed by atoms with Gasteiger partial charge in [-0.05, 0) is 23.8 Å². The Hall–Kier alpha value is -2.29. The Balaban J connectivity index is 1.83. The summed E-state index contributed by atoms with van der Waals surface area (Å²) in [6.45, 7) is 0.193. The molecule has 0 aliphatic rings. The van der Waals surface area contributed by atoms with Gasteiger partial charge >= 0.3 is 6.18 Å². The molecule has 0 aliphatic carbocycles. The van der Waals surface area contributed by atoms with Crippen molar-refractivity contribution in [2.75, 3.05) is 12.3 Å². The maximum atomic E-state index is 13.4. The number of H-pyrrole nitrogens is 1. The largest absolute Gasteiger partial charge is 0.431 e. The highest BCUT2D eigenvalue weighted by Gasteiger charge is 2.32. The van der Waals surface area contributed by atoms with E-state index < -0.39 is 28.9 Å². The number of amides is 1. The number of hydrogen-bond donors (Lipinski definition) is 2. The molecule has 0 saturated carbocycles. The number of hydrogen-bond acceptors (Lipinski definition) is 3. The fourth-order valence-electron chi connectivity index (χ4n) is 1.95. The molecule has 1 aromatic carbocycles. The Labute approximate surface area is 144 Å². The summed E-state index contributed by atoms with van der Waals surface area (Å²) in [5, 5.41) is 2.44. The first kappa shape index (κ1) is 19.0. The summed E-state index contributed by atoms with van der Waals surface area (Å²) in [5.74, 6) is -0.195. The average molecular weight is 374 g/mol. The smallest absolute Gasteiger partial charge is 0.351 e. The lowest BCUT2D eigenvalue weighted by Crippen LogP contribution is -2.32. The summed E-state index contributed by atoms with van der Waals surface area (Å²) >= 11 is 1.38. The summed E-state index contributed by atoms with van der Waals surface area (Å²) in [6.07, 6.45) is -4.68. The van der Waals surface area contributed by atoms with Crippen molar-refractivity contribution >= 4 is 17.7 Å². The zero-order valence-electron chi connectivity index (χ0n) is 12.8. The number of rotatable bonds is 6. The highest BCUT2D eigenvalue weighted by Crippen LogP contribution is 2.26. The molecule has 0 fully saturated rings. The molecule has 2 aromatic rings. The molecular weight excluding hydrogens is 360 g/mol. The number of thioether (sulfide) groups is 1. The summed E-state index contributed by atoms with van der Waals surface area (Å²) in [4.78, 5) is 25.0. The number of alkyl halides is 3. The summed E-state index contributed by atoms with van der Waals surface area (Å²) in [5.41, 5.74) is -2.18. The van der Waals surface area contributed by atoms with Crippen molar-refractivity contribution < 1.29 is 22.4 Å². The molecule has 0 aliphatic heterocycles. The second-order valence-corrected chi connectivity index (χ2v) is 6.12. The number of aromatic nitrogens is 1. The Morgan fingerprint density at radius 3 is 2.52 bits per heavy atom. The van der Waals surface area contributed by atoms with Gasteiger partial charge in [-0.1, -0.05) is 18.2 Å². The van der Waals surface area contributed by atoms with Crippen LogP contribution >= 0.6 is 11.8 Å². The first-order chi connectivity index (χ1) is 11.8. The standard InChI is InChI=1S/C16H14F4N2O2S/c17-12-4-2-1-3-10(12)9-25-8-7-21-14(23)11-5-6-13(16(18,19)20)22-15(11)24/h1-6H,7-9H2,(H,21,23)(H,22,24). The predicted octanol–water partition coefficient (Wildman–Crippen LogP) is 3.20. The monoisotopic (exact) mass is 374 g/mol. The first-order valence-electron chi connectivity index (χ1n) is 7.19. The van der Waals surface area contributed by atoms with Gasteiger partial charge < -0.3 is 10.3 Å². The molecule has 2 N–H and O–H groups in total. The van der Waals surface area contributed by atoms with Gasteiger partial charge in [-0.25, -0.2) is 4.39 Å². The zero-order valence-corrected chi connectivity index (χ0v) is 13.6. The van der Waals surface area contributed by atoms with E-state index >= 15 is 0 Å². The molecule has 1 heterocycles. The summed E-state index contributed by atoms with van der Waals surface area (Å²) in [7, 11) is 0. The number of aromatic amines is 1. The molecule has 0 saturated heterocycles. The molecular formula is C16H14F4N2O2S. The van der Waals surface area contributed by atoms with Crippen molar-refractivity contribution in [1.82, 2.24) is 10.3 Å². The maximum Gasteiger partial charge on any atom is 0.431 e. The molecule has 1 amide bonds. The lowest BCUT2D eigenvalue weighted by Gasteiger charge is -2.08. The molecule has 0 radical (unpaired) electrons. The normalized spacial score (nSPS) is 11.4. The van der Waals surface area contributed by atoms with E-state index in [-0.39, 0.29) is 12.4 Å². The summed E-state index contributed by atoms with van der Waals surface area (Å²) < 4.78 is 50.8. The predicted molar refractivity (Wildman–Crippen MR) is 87.0 cm³/mol. The van der Waals surface area contributed by atoms with Crippen LogP contribution in [0.5, 0.6) is 0 Å². The van der Waals surface area contributed by atoms with E-state index in [2.05, 4.69) is 5.32 Å². The maximum absolute atomic E-state index is 13.4. The minimum Gasteiger partial charge on any atom is -0.351 e. The third-order valence-corrected chi connectivity index (χ3v) is 4.21. The van der Waals surface area contributed by atoms with Crippen LogP contribution in [0.3, 0.4) is 0 Å². The topological polar surface area (TPSA) is 62.0 Å². The van der Waals surface area contributed by atoms with Crippen LogP contribution in [-0.2, 0) is 11.9 Å². The van der Waals surface area contributed by atoms with Gasteiger partial charge in [0.1, 0.15) is 17.1 Å². The average Bonchev–Trinajstić information content (AvgIpc) is 2.55. The van der Waals surface area contributed by atoms with E-state index in [1.54, 1.807) is 23.2 Å². The lowest BCUT2D eigenvalue weighted by atomic mass is 10.2. The van der Waals surface area contributed by atoms with Crippen molar-refractivity contribution in [3.8, 4) is 0 Å². The number of benzene rings is 1. The van der Waals surface area contributed by atoms with E-state index in [1.807, 2.05) is 0 Å². The quantitative estimate of drug-likeness (QED) is 0.603. The van der Waals surface area contributed by atoms with E-state index in [1.165, 1.54) is 17.8 Å². The number of carbonyl (C=O) groups excluding carboxylic acids is 1. The van der Waals surface area contributed by atoms with Gasteiger partial charge in [-0.3, -0.25) is 9.59 Å². The minimum atomic E-state index is -4.68. The Morgan fingerprint density at radius 1 is 1.16 bits per heavy atom. The number of halogens is 4. The number of pyridine rings is 1. The molecule has 134 valence electrons. The van der Waals surface area contributed by atoms with Crippen molar-refractivity contribution in [3.63, 3.8) is 0 Å². The van der Waals surface area contributed by atoms with Gasteiger partial charge in [-0.15, -0.1) is 0 Å². The van der Waals surface area contributed by atoms with Crippen LogP contribution in [0.2, 0.25) is 0 Å². The van der Waals surface area contributed by atoms with Crippen molar-refractivity contribution in [1.29, 1.82) is 0 Å². The minimum absolute atomic E-state index is 0.193. The van der Waals surface area contributed by atoms with Gasteiger partial charge in [0, 0.05) is 18.1 Å². The fourth-order valence-corrected chi connectivity index (χ4v) is 2.79. The van der Waals surface area contributed by atoms with Gasteiger partial charge in [0.25, 0.3) is 11.5 Å². The number of carbonyl (C=O) groups is 1. The fraction of sp³-hybridized carbons (Fsp3) is 0.250. The molecule has 1 aromatic heterocycles. The second kappa shape index (κ2) is 8.19. The zero-order chi connectivity index (χ0) is 18.4. The van der Waals surface area contributed by atoms with Crippen LogP contribution in [0.15, 0.2) is 41.2 Å². The second-order valence-electron chi connectivity index (χ2n) is 5.01. The van der Waals surface area contributed by atoms with E-state index in [0.717, 1.165) is 6.07 Å². The number of nitrogens with one attached hydrogen (secondary N) is 2. The molecule has 25 heavy (non-hydrogen) atoms. The first-order valence-corrected chi connectivity index (χ1v) is 8.34. The van der Waals surface area contributed by atoms with Crippen molar-refractivity contribution in [2.24, 2.45) is 0 Å². The van der Waals surface area contributed by atoms with Gasteiger partial charge in [0.2, 0.25) is 0 Å². The molecule has 9 heteroatoms. The van der Waals surface area contributed by atoms with Crippen LogP contribution < -0.4 is 10.9 Å². The Bertz CT molecular complexity index is 805. The van der Waals surface area contributed by atoms with Crippen LogP contribution in [0.1, 0.15) is 21.6 Å². The van der Waals surface area contributed by atoms with E-state index in [0.29, 0.717) is 23.1 Å². The van der Waals surface area contributed by atoms with Crippen LogP contribution in [0.25, 0.3) is 0 Å². The van der Waals surface area contributed by atoms with E-state index in [9.17, 15) is 27.2 Å². The lowest BCUT2D eigenvalue weighted by molar-refractivity contribution is -0.141. The highest BCUT2D eigenvalue weighted by molar-refractivity contribution is 7.98. The van der Waals surface area contributed by atoms with Gasteiger partial charge in [0.05, 0.1) is 0 Å². The van der Waals surface area contributed by atoms with Crippen molar-refractivity contribution in [2.45, 2.75) is 11.9 Å². The van der Waals surface area contributed by atoms with Gasteiger partial charge in [-0.2, -0.15) is 24.9 Å². The van der Waals surface area contributed by atoms with E-state index in [4.69, 9.17) is 0 Å². The molecule has 0 spiro atoms. The molecule has 0 bridgehead atoms. The molecule has 0 atom stereocenters. The van der Waals surface area contributed by atoms with Gasteiger partial charge in [0.15, 0.2) is 0 Å². The molecule has 2 rings (SSSR count). The Morgan fingerprint density at radius 2 is 1.88 bits per heavy atom. The highest BCUT2D eigenvalue weighted by atomic mass is 32.2. The third kappa shape index (κ3) is 5.35. The Kier molecular flexibility index (Phi) is 6.24. The van der Waals surface area contributed by atoms with Crippen LogP contribution in [0, 0.1) is 5.82 Å². The SMILES string of the molecule is O=C(NCCSCc1ccccc1F)c1ccc(C(F)(F)F)[nH]c1=O. The van der Waals surface area contributed by atoms with Crippen molar-refractivity contribution in [3.05, 3.63) is 69.4 Å². The molecule has 0 unspecified atom stereocenters. The summed E-state index contributed by atoms with van der Waals surface area (Å²) in [6, 6.07) is 7.80. The van der Waals surface area contributed by atoms with Crippen LogP contribution in [-0.4, -0.2) is 23.2 Å².